The smallest absolute Gasteiger partial charge is 0.193 e. The predicted molar refractivity (Wildman–Crippen MR) is 116 cm³/mol. The molecule has 148 valence electrons. The number of nitrogens with one attached hydrogen (secondary N) is 1. The molecule has 26 heavy (non-hydrogen) atoms. The molecule has 0 unspecified atom stereocenters. The van der Waals surface area contributed by atoms with Crippen molar-refractivity contribution in [3.8, 4) is 5.75 Å². The van der Waals surface area contributed by atoms with E-state index in [4.69, 9.17) is 14.2 Å². The molecule has 2 rings (SSSR count). The zero-order valence-corrected chi connectivity index (χ0v) is 18.4. The third-order valence-electron chi connectivity index (χ3n) is 4.29. The first kappa shape index (κ1) is 23.0. The fourth-order valence-corrected chi connectivity index (χ4v) is 2.93. The van der Waals surface area contributed by atoms with Gasteiger partial charge in [-0.2, -0.15) is 0 Å². The lowest BCUT2D eigenvalue weighted by molar-refractivity contribution is 0.0263. The van der Waals surface area contributed by atoms with Crippen LogP contribution in [0, 0.1) is 0 Å². The summed E-state index contributed by atoms with van der Waals surface area (Å²) in [7, 11) is 3.51. The minimum atomic E-state index is 0. The zero-order valence-electron chi connectivity index (χ0n) is 16.1. The summed E-state index contributed by atoms with van der Waals surface area (Å²) in [5.41, 5.74) is 1.20. The summed E-state index contributed by atoms with van der Waals surface area (Å²) >= 11 is 0. The lowest BCUT2D eigenvalue weighted by Crippen LogP contribution is -2.46. The van der Waals surface area contributed by atoms with E-state index in [1.54, 1.807) is 7.11 Å². The summed E-state index contributed by atoms with van der Waals surface area (Å²) in [5, 5.41) is 3.45. The van der Waals surface area contributed by atoms with Gasteiger partial charge in [0.05, 0.1) is 12.7 Å². The Morgan fingerprint density at radius 1 is 1.19 bits per heavy atom. The molecule has 1 aromatic rings. The maximum atomic E-state index is 5.71. The van der Waals surface area contributed by atoms with Gasteiger partial charge >= 0.3 is 0 Å². The van der Waals surface area contributed by atoms with Crippen LogP contribution in [0.25, 0.3) is 0 Å². The second kappa shape index (κ2) is 13.2. The molecular weight excluding hydrogens is 445 g/mol. The van der Waals surface area contributed by atoms with Gasteiger partial charge < -0.3 is 24.4 Å². The first-order chi connectivity index (χ1) is 12.3. The molecule has 0 spiro atoms. The number of guanidine groups is 1. The topological polar surface area (TPSA) is 55.3 Å². The highest BCUT2D eigenvalue weighted by atomic mass is 127. The van der Waals surface area contributed by atoms with Gasteiger partial charge in [-0.25, -0.2) is 0 Å². The van der Waals surface area contributed by atoms with Crippen LogP contribution in [0.2, 0.25) is 0 Å². The van der Waals surface area contributed by atoms with Crippen molar-refractivity contribution in [2.75, 3.05) is 47.1 Å². The van der Waals surface area contributed by atoms with Crippen LogP contribution in [0.3, 0.4) is 0 Å². The van der Waals surface area contributed by atoms with E-state index in [-0.39, 0.29) is 24.0 Å². The molecule has 0 saturated carbocycles. The van der Waals surface area contributed by atoms with Gasteiger partial charge in [0.2, 0.25) is 0 Å². The van der Waals surface area contributed by atoms with Gasteiger partial charge in [-0.3, -0.25) is 4.99 Å². The minimum Gasteiger partial charge on any atom is -0.491 e. The summed E-state index contributed by atoms with van der Waals surface area (Å²) in [6.07, 6.45) is 2.51. The molecule has 1 aliphatic heterocycles. The van der Waals surface area contributed by atoms with Gasteiger partial charge in [0.25, 0.3) is 0 Å². The summed E-state index contributed by atoms with van der Waals surface area (Å²) in [6.45, 7) is 6.73. The highest BCUT2D eigenvalue weighted by molar-refractivity contribution is 14.0. The van der Waals surface area contributed by atoms with Crippen molar-refractivity contribution >= 4 is 29.9 Å². The summed E-state index contributed by atoms with van der Waals surface area (Å²) in [5.74, 6) is 1.82. The summed E-state index contributed by atoms with van der Waals surface area (Å²) in [6, 6.07) is 8.12. The third-order valence-corrected chi connectivity index (χ3v) is 4.29. The number of halogens is 1. The number of methoxy groups -OCH3 is 1. The first-order valence-corrected chi connectivity index (χ1v) is 9.04. The van der Waals surface area contributed by atoms with Gasteiger partial charge in [0.15, 0.2) is 5.96 Å². The number of benzene rings is 1. The first-order valence-electron chi connectivity index (χ1n) is 9.04. The van der Waals surface area contributed by atoms with Crippen molar-refractivity contribution in [3.63, 3.8) is 0 Å². The Morgan fingerprint density at radius 2 is 1.88 bits per heavy atom. The molecule has 6 nitrogen and oxygen atoms in total. The van der Waals surface area contributed by atoms with Crippen molar-refractivity contribution in [2.45, 2.75) is 32.4 Å². The Balaban J connectivity index is 0.00000338. The largest absolute Gasteiger partial charge is 0.491 e. The summed E-state index contributed by atoms with van der Waals surface area (Å²) in [4.78, 5) is 6.72. The molecule has 0 aromatic heterocycles. The second-order valence-electron chi connectivity index (χ2n) is 6.03. The predicted octanol–water partition coefficient (Wildman–Crippen LogP) is 2.91. The van der Waals surface area contributed by atoms with E-state index in [2.05, 4.69) is 34.3 Å². The maximum Gasteiger partial charge on any atom is 0.193 e. The van der Waals surface area contributed by atoms with Crippen molar-refractivity contribution in [2.24, 2.45) is 4.99 Å². The molecule has 0 aliphatic carbocycles. The molecule has 1 saturated heterocycles. The van der Waals surface area contributed by atoms with E-state index >= 15 is 0 Å². The number of aliphatic imine (C=N–C) groups is 1. The SMILES string of the molecule is CCOC1CCN(C(=NC)NCc2ccc(OCCOC)cc2)CC1.I. The average molecular weight is 477 g/mol. The molecule has 1 N–H and O–H groups in total. The monoisotopic (exact) mass is 477 g/mol. The van der Waals surface area contributed by atoms with Crippen LogP contribution in [0.5, 0.6) is 5.75 Å². The Morgan fingerprint density at radius 3 is 2.46 bits per heavy atom. The molecule has 1 fully saturated rings. The van der Waals surface area contributed by atoms with Gasteiger partial charge in [-0.1, -0.05) is 12.1 Å². The normalized spacial score (nSPS) is 15.5. The molecule has 7 heteroatoms. The number of hydrogen-bond acceptors (Lipinski definition) is 4. The lowest BCUT2D eigenvalue weighted by atomic mass is 10.1. The fraction of sp³-hybridized carbons (Fsp3) is 0.632. The molecule has 1 aliphatic rings. The van der Waals surface area contributed by atoms with Gasteiger partial charge in [-0.15, -0.1) is 24.0 Å². The molecule has 0 bridgehead atoms. The second-order valence-corrected chi connectivity index (χ2v) is 6.03. The molecule has 0 amide bonds. The third kappa shape index (κ3) is 7.67. The van der Waals surface area contributed by atoms with E-state index in [0.29, 0.717) is 19.3 Å². The fourth-order valence-electron chi connectivity index (χ4n) is 2.93. The highest BCUT2D eigenvalue weighted by Gasteiger charge is 2.21. The van der Waals surface area contributed by atoms with Gasteiger partial charge in [-0.05, 0) is 37.5 Å². The van der Waals surface area contributed by atoms with E-state index in [9.17, 15) is 0 Å². The van der Waals surface area contributed by atoms with Crippen LogP contribution in [-0.2, 0) is 16.0 Å². The van der Waals surface area contributed by atoms with Crippen molar-refractivity contribution in [1.29, 1.82) is 0 Å². The average Bonchev–Trinajstić information content (AvgIpc) is 2.65. The number of hydrogen-bond donors (Lipinski definition) is 1. The summed E-state index contributed by atoms with van der Waals surface area (Å²) < 4.78 is 16.3. The minimum absolute atomic E-state index is 0. The highest BCUT2D eigenvalue weighted by Crippen LogP contribution is 2.15. The van der Waals surface area contributed by atoms with Crippen LogP contribution < -0.4 is 10.1 Å². The van der Waals surface area contributed by atoms with Crippen LogP contribution in [0.15, 0.2) is 29.3 Å². The van der Waals surface area contributed by atoms with Crippen LogP contribution >= 0.6 is 24.0 Å². The Labute approximate surface area is 174 Å². The Bertz CT molecular complexity index is 517. The van der Waals surface area contributed by atoms with Crippen LogP contribution in [-0.4, -0.2) is 64.0 Å². The molecular formula is C19H32IN3O3. The zero-order chi connectivity index (χ0) is 17.9. The van der Waals surface area contributed by atoms with Crippen LogP contribution in [0.4, 0.5) is 0 Å². The van der Waals surface area contributed by atoms with E-state index < -0.39 is 0 Å². The molecule has 0 radical (unpaired) electrons. The number of piperidine rings is 1. The molecule has 1 aromatic carbocycles. The van der Waals surface area contributed by atoms with Crippen LogP contribution in [0.1, 0.15) is 25.3 Å². The standard InChI is InChI=1S/C19H31N3O3.HI/c1-4-24-18-9-11-22(12-10-18)19(20-2)21-15-16-5-7-17(8-6-16)25-14-13-23-3;/h5-8,18H,4,9-15H2,1-3H3,(H,20,21);1H. The number of ether oxygens (including phenoxy) is 3. The molecule has 1 heterocycles. The number of rotatable bonds is 8. The van der Waals surface area contributed by atoms with Gasteiger partial charge in [0, 0.05) is 40.4 Å². The molecule has 0 atom stereocenters. The van der Waals surface area contributed by atoms with E-state index in [1.807, 2.05) is 19.2 Å². The number of likely N-dealkylation sites (tertiary alicyclic amines) is 1. The Kier molecular flexibility index (Phi) is 11.6. The van der Waals surface area contributed by atoms with E-state index in [1.165, 1.54) is 5.56 Å². The lowest BCUT2D eigenvalue weighted by Gasteiger charge is -2.34. The van der Waals surface area contributed by atoms with E-state index in [0.717, 1.165) is 50.8 Å². The maximum absolute atomic E-state index is 5.71. The van der Waals surface area contributed by atoms with Gasteiger partial charge in [0.1, 0.15) is 12.4 Å². The quantitative estimate of drug-likeness (QED) is 0.270. The number of nitrogens with zero attached hydrogens (tertiary/aromatic N) is 2. The van der Waals surface area contributed by atoms with Crippen molar-refractivity contribution in [3.05, 3.63) is 29.8 Å². The van der Waals surface area contributed by atoms with Crippen molar-refractivity contribution in [1.82, 2.24) is 10.2 Å². The Hall–Kier alpha value is -1.06. The van der Waals surface area contributed by atoms with Crippen molar-refractivity contribution < 1.29 is 14.2 Å².